The van der Waals surface area contributed by atoms with Gasteiger partial charge >= 0.3 is 0 Å². The normalized spacial score (nSPS) is 10.9. The number of anilines is 1. The number of para-hydroxylation sites is 1. The van der Waals surface area contributed by atoms with Crippen molar-refractivity contribution in [2.75, 3.05) is 5.32 Å². The molecule has 0 atom stereocenters. The molecule has 1 amide bonds. The summed E-state index contributed by atoms with van der Waals surface area (Å²) in [7, 11) is 1.81. The number of hydrogen-bond acceptors (Lipinski definition) is 3. The van der Waals surface area contributed by atoms with Gasteiger partial charge in [-0.25, -0.2) is 4.68 Å². The molecule has 0 radical (unpaired) electrons. The number of hydrogen-bond donors (Lipinski definition) is 1. The fourth-order valence-corrected chi connectivity index (χ4v) is 4.14. The predicted octanol–water partition coefficient (Wildman–Crippen LogP) is 4.77. The summed E-state index contributed by atoms with van der Waals surface area (Å²) >= 11 is 1.37. The Kier molecular flexibility index (Phi) is 4.94. The number of aryl methyl sites for hydroxylation is 1. The Labute approximate surface area is 172 Å². The minimum atomic E-state index is -0.276. The van der Waals surface area contributed by atoms with Gasteiger partial charge in [0.15, 0.2) is 0 Å². The van der Waals surface area contributed by atoms with Gasteiger partial charge in [-0.3, -0.25) is 14.3 Å². The quantitative estimate of drug-likeness (QED) is 0.533. The Morgan fingerprint density at radius 3 is 2.34 bits per heavy atom. The first-order valence-electron chi connectivity index (χ1n) is 9.27. The molecule has 6 heteroatoms. The van der Waals surface area contributed by atoms with E-state index in [0.29, 0.717) is 16.3 Å². The summed E-state index contributed by atoms with van der Waals surface area (Å²) in [5, 5.41) is 4.74. The van der Waals surface area contributed by atoms with Crippen LogP contribution in [0.5, 0.6) is 0 Å². The van der Waals surface area contributed by atoms with Gasteiger partial charge in [-0.15, -0.1) is 11.3 Å². The monoisotopic (exact) mass is 403 g/mol. The molecule has 1 N–H and O–H groups in total. The SMILES string of the molecule is Cc1ccc(-c2ccsc2C(=O)Nc2c(C)n(C)n(-c3ccccc3)c2=O)cc1. The van der Waals surface area contributed by atoms with Crippen LogP contribution in [0.15, 0.2) is 70.8 Å². The Hall–Kier alpha value is -3.38. The topological polar surface area (TPSA) is 56.0 Å². The minimum Gasteiger partial charge on any atom is -0.315 e. The van der Waals surface area contributed by atoms with Crippen LogP contribution in [0.1, 0.15) is 20.9 Å². The Balaban J connectivity index is 1.70. The fraction of sp³-hybridized carbons (Fsp3) is 0.130. The standard InChI is InChI=1S/C23H21N3O2S/c1-15-9-11-17(12-10-15)19-13-14-29-21(19)22(27)24-20-16(2)25(3)26(23(20)28)18-7-5-4-6-8-18/h4-14H,1-3H3,(H,24,27). The van der Waals surface area contributed by atoms with Crippen molar-refractivity contribution in [2.24, 2.45) is 7.05 Å². The molecule has 0 saturated heterocycles. The van der Waals surface area contributed by atoms with Crippen LogP contribution in [0.2, 0.25) is 0 Å². The van der Waals surface area contributed by atoms with E-state index >= 15 is 0 Å². The number of aromatic nitrogens is 2. The van der Waals surface area contributed by atoms with E-state index in [9.17, 15) is 9.59 Å². The van der Waals surface area contributed by atoms with Crippen molar-refractivity contribution in [3.8, 4) is 16.8 Å². The number of benzene rings is 2. The highest BCUT2D eigenvalue weighted by Gasteiger charge is 2.21. The molecule has 0 fully saturated rings. The van der Waals surface area contributed by atoms with Crippen molar-refractivity contribution < 1.29 is 4.79 Å². The lowest BCUT2D eigenvalue weighted by Crippen LogP contribution is -2.22. The van der Waals surface area contributed by atoms with Gasteiger partial charge in [0, 0.05) is 12.6 Å². The molecule has 2 aromatic heterocycles. The first-order chi connectivity index (χ1) is 14.0. The van der Waals surface area contributed by atoms with E-state index in [4.69, 9.17) is 0 Å². The van der Waals surface area contributed by atoms with Crippen LogP contribution in [-0.2, 0) is 7.05 Å². The molecule has 4 aromatic rings. The van der Waals surface area contributed by atoms with Crippen LogP contribution < -0.4 is 10.9 Å². The summed E-state index contributed by atoms with van der Waals surface area (Å²) < 4.78 is 3.31. The van der Waals surface area contributed by atoms with Crippen LogP contribution >= 0.6 is 11.3 Å². The molecule has 4 rings (SSSR count). The van der Waals surface area contributed by atoms with Gasteiger partial charge in [-0.1, -0.05) is 48.0 Å². The zero-order valence-electron chi connectivity index (χ0n) is 16.5. The Bertz CT molecular complexity index is 1230. The maximum absolute atomic E-state index is 13.0. The highest BCUT2D eigenvalue weighted by atomic mass is 32.1. The van der Waals surface area contributed by atoms with E-state index in [-0.39, 0.29) is 11.5 Å². The molecule has 0 bridgehead atoms. The summed E-state index contributed by atoms with van der Waals surface area (Å²) in [6.45, 7) is 3.85. The summed E-state index contributed by atoms with van der Waals surface area (Å²) in [5.74, 6) is -0.276. The molecule has 0 saturated carbocycles. The second-order valence-electron chi connectivity index (χ2n) is 6.92. The number of thiophene rings is 1. The fourth-order valence-electron chi connectivity index (χ4n) is 3.33. The molecule has 0 aliphatic carbocycles. The van der Waals surface area contributed by atoms with Gasteiger partial charge in [-0.05, 0) is 43.0 Å². The molecule has 0 unspecified atom stereocenters. The molecular formula is C23H21N3O2S. The number of nitrogens with one attached hydrogen (secondary N) is 1. The van der Waals surface area contributed by atoms with E-state index in [1.165, 1.54) is 11.3 Å². The molecule has 2 aromatic carbocycles. The maximum Gasteiger partial charge on any atom is 0.295 e. The van der Waals surface area contributed by atoms with Crippen molar-refractivity contribution in [1.29, 1.82) is 0 Å². The third-order valence-electron chi connectivity index (χ3n) is 5.03. The molecule has 0 spiro atoms. The van der Waals surface area contributed by atoms with E-state index in [0.717, 1.165) is 22.4 Å². The lowest BCUT2D eigenvalue weighted by molar-refractivity contribution is 0.103. The van der Waals surface area contributed by atoms with Gasteiger partial charge in [-0.2, -0.15) is 0 Å². The largest absolute Gasteiger partial charge is 0.315 e. The van der Waals surface area contributed by atoms with Crippen LogP contribution in [0.25, 0.3) is 16.8 Å². The number of nitrogens with zero attached hydrogens (tertiary/aromatic N) is 2. The van der Waals surface area contributed by atoms with Crippen molar-refractivity contribution in [3.05, 3.63) is 92.5 Å². The summed E-state index contributed by atoms with van der Waals surface area (Å²) in [5.41, 5.74) is 4.50. The van der Waals surface area contributed by atoms with E-state index in [2.05, 4.69) is 5.32 Å². The number of amides is 1. The highest BCUT2D eigenvalue weighted by Crippen LogP contribution is 2.29. The third kappa shape index (κ3) is 3.43. The smallest absolute Gasteiger partial charge is 0.295 e. The summed E-state index contributed by atoms with van der Waals surface area (Å²) in [6, 6.07) is 19.4. The summed E-state index contributed by atoms with van der Waals surface area (Å²) in [4.78, 5) is 26.7. The number of rotatable bonds is 4. The van der Waals surface area contributed by atoms with Crippen molar-refractivity contribution in [2.45, 2.75) is 13.8 Å². The average molecular weight is 404 g/mol. The third-order valence-corrected chi connectivity index (χ3v) is 5.94. The second-order valence-corrected chi connectivity index (χ2v) is 7.84. The molecule has 0 aliphatic heterocycles. The van der Waals surface area contributed by atoms with Gasteiger partial charge in [0.2, 0.25) is 0 Å². The average Bonchev–Trinajstić information content (AvgIpc) is 3.29. The molecular weight excluding hydrogens is 382 g/mol. The lowest BCUT2D eigenvalue weighted by Gasteiger charge is -2.07. The van der Waals surface area contributed by atoms with Crippen molar-refractivity contribution >= 4 is 22.9 Å². The van der Waals surface area contributed by atoms with Crippen LogP contribution in [0, 0.1) is 13.8 Å². The van der Waals surface area contributed by atoms with Crippen LogP contribution in [-0.4, -0.2) is 15.3 Å². The van der Waals surface area contributed by atoms with Gasteiger partial charge in [0.1, 0.15) is 5.69 Å². The van der Waals surface area contributed by atoms with Crippen molar-refractivity contribution in [1.82, 2.24) is 9.36 Å². The molecule has 146 valence electrons. The van der Waals surface area contributed by atoms with E-state index in [1.54, 1.807) is 9.36 Å². The zero-order valence-corrected chi connectivity index (χ0v) is 17.3. The maximum atomic E-state index is 13.0. The first kappa shape index (κ1) is 19.0. The Morgan fingerprint density at radius 1 is 0.966 bits per heavy atom. The second kappa shape index (κ2) is 7.56. The number of carbonyl (C=O) groups excluding carboxylic acids is 1. The van der Waals surface area contributed by atoms with Crippen molar-refractivity contribution in [3.63, 3.8) is 0 Å². The number of carbonyl (C=O) groups is 1. The van der Waals surface area contributed by atoms with E-state index < -0.39 is 0 Å². The molecule has 2 heterocycles. The summed E-state index contributed by atoms with van der Waals surface area (Å²) in [6.07, 6.45) is 0. The molecule has 0 aliphatic rings. The zero-order chi connectivity index (χ0) is 20.5. The molecule has 5 nitrogen and oxygen atoms in total. The lowest BCUT2D eigenvalue weighted by atomic mass is 10.0. The first-order valence-corrected chi connectivity index (χ1v) is 10.1. The van der Waals surface area contributed by atoms with Gasteiger partial charge in [0.05, 0.1) is 16.3 Å². The van der Waals surface area contributed by atoms with Gasteiger partial charge in [0.25, 0.3) is 11.5 Å². The van der Waals surface area contributed by atoms with Crippen LogP contribution in [0.3, 0.4) is 0 Å². The van der Waals surface area contributed by atoms with Gasteiger partial charge < -0.3 is 5.32 Å². The highest BCUT2D eigenvalue weighted by molar-refractivity contribution is 7.12. The van der Waals surface area contributed by atoms with Crippen LogP contribution in [0.4, 0.5) is 5.69 Å². The van der Waals surface area contributed by atoms with E-state index in [1.807, 2.05) is 86.9 Å². The molecule has 29 heavy (non-hydrogen) atoms. The predicted molar refractivity (Wildman–Crippen MR) is 118 cm³/mol. The Morgan fingerprint density at radius 2 is 1.66 bits per heavy atom. The minimum absolute atomic E-state index is 0.252.